The minimum absolute atomic E-state index is 0.0600. The summed E-state index contributed by atoms with van der Waals surface area (Å²) in [5.74, 6) is -0.352. The maximum atomic E-state index is 12.4. The summed E-state index contributed by atoms with van der Waals surface area (Å²) in [6, 6.07) is 7.33. The van der Waals surface area contributed by atoms with Crippen LogP contribution in [-0.4, -0.2) is 18.4 Å². The van der Waals surface area contributed by atoms with Crippen LogP contribution in [0.5, 0.6) is 0 Å². The van der Waals surface area contributed by atoms with Gasteiger partial charge in [-0.15, -0.1) is 0 Å². The van der Waals surface area contributed by atoms with E-state index in [1.54, 1.807) is 13.0 Å². The van der Waals surface area contributed by atoms with E-state index in [4.69, 9.17) is 4.74 Å². The van der Waals surface area contributed by atoms with Crippen LogP contribution in [0.1, 0.15) is 43.6 Å². The molecule has 3 heteroatoms. The van der Waals surface area contributed by atoms with E-state index in [0.717, 1.165) is 5.56 Å². The fraction of sp³-hybridized carbons (Fsp3) is 0.412. The van der Waals surface area contributed by atoms with Crippen molar-refractivity contribution in [3.05, 3.63) is 47.5 Å². The van der Waals surface area contributed by atoms with Gasteiger partial charge in [0.25, 0.3) is 0 Å². The Morgan fingerprint density at radius 3 is 2.35 bits per heavy atom. The van der Waals surface area contributed by atoms with Crippen molar-refractivity contribution < 1.29 is 14.3 Å². The number of ketones is 1. The van der Waals surface area contributed by atoms with Crippen molar-refractivity contribution in [1.82, 2.24) is 0 Å². The highest BCUT2D eigenvalue weighted by atomic mass is 16.5. The van der Waals surface area contributed by atoms with Crippen LogP contribution in [0.25, 0.3) is 0 Å². The van der Waals surface area contributed by atoms with Crippen LogP contribution in [0.15, 0.2) is 36.4 Å². The van der Waals surface area contributed by atoms with E-state index in [2.05, 4.69) is 6.58 Å². The maximum absolute atomic E-state index is 12.4. The van der Waals surface area contributed by atoms with Crippen molar-refractivity contribution in [1.29, 1.82) is 0 Å². The van der Waals surface area contributed by atoms with Crippen LogP contribution in [0.2, 0.25) is 0 Å². The van der Waals surface area contributed by atoms with Gasteiger partial charge in [-0.1, -0.05) is 51.6 Å². The monoisotopic (exact) mass is 274 g/mol. The fourth-order valence-electron chi connectivity index (χ4n) is 1.84. The van der Waals surface area contributed by atoms with Crippen molar-refractivity contribution in [2.45, 2.75) is 34.1 Å². The molecule has 20 heavy (non-hydrogen) atoms. The number of hydrogen-bond donors (Lipinski definition) is 0. The van der Waals surface area contributed by atoms with Gasteiger partial charge in [0.1, 0.15) is 0 Å². The normalized spacial score (nSPS) is 11.0. The first-order chi connectivity index (χ1) is 9.27. The van der Waals surface area contributed by atoms with E-state index >= 15 is 0 Å². The first-order valence-electron chi connectivity index (χ1n) is 6.75. The maximum Gasteiger partial charge on any atom is 0.333 e. The molecule has 0 bridgehead atoms. The van der Waals surface area contributed by atoms with E-state index in [1.807, 2.05) is 39.0 Å². The molecule has 0 aliphatic carbocycles. The highest BCUT2D eigenvalue weighted by Crippen LogP contribution is 2.24. The number of Topliss-reactive ketones (excluding diaryl/α,β-unsaturated/α-hetero) is 1. The topological polar surface area (TPSA) is 43.4 Å². The molecule has 1 rings (SSSR count). The molecule has 0 N–H and O–H groups in total. The number of benzene rings is 1. The van der Waals surface area contributed by atoms with Crippen molar-refractivity contribution in [2.75, 3.05) is 6.61 Å². The molecule has 0 aromatic heterocycles. The molecule has 0 atom stereocenters. The lowest BCUT2D eigenvalue weighted by Crippen LogP contribution is -2.22. The van der Waals surface area contributed by atoms with Crippen LogP contribution >= 0.6 is 0 Å². The zero-order valence-corrected chi connectivity index (χ0v) is 12.7. The Balaban J connectivity index is 3.00. The summed E-state index contributed by atoms with van der Waals surface area (Å²) in [5.41, 5.74) is 1.36. The summed E-state index contributed by atoms with van der Waals surface area (Å²) >= 11 is 0. The Labute approximate surface area is 120 Å². The Bertz CT molecular complexity index is 521. The first kappa shape index (κ1) is 16.2. The number of carbonyl (C=O) groups is 2. The zero-order chi connectivity index (χ0) is 15.3. The second-order valence-corrected chi connectivity index (χ2v) is 5.74. The third-order valence-corrected chi connectivity index (χ3v) is 2.91. The van der Waals surface area contributed by atoms with Gasteiger partial charge in [0.05, 0.1) is 6.61 Å². The minimum atomic E-state index is -0.457. The second kappa shape index (κ2) is 6.51. The van der Waals surface area contributed by atoms with Crippen molar-refractivity contribution in [3.8, 4) is 0 Å². The quantitative estimate of drug-likeness (QED) is 0.468. The largest absolute Gasteiger partial charge is 0.463 e. The molecule has 0 heterocycles. The van der Waals surface area contributed by atoms with E-state index in [9.17, 15) is 9.59 Å². The molecule has 0 spiro atoms. The minimum Gasteiger partial charge on any atom is -0.463 e. The molecule has 0 fully saturated rings. The van der Waals surface area contributed by atoms with Gasteiger partial charge in [-0.3, -0.25) is 4.79 Å². The van der Waals surface area contributed by atoms with Gasteiger partial charge in [-0.05, 0) is 12.5 Å². The molecule has 1 aromatic carbocycles. The van der Waals surface area contributed by atoms with Crippen LogP contribution in [0.4, 0.5) is 0 Å². The van der Waals surface area contributed by atoms with Crippen molar-refractivity contribution >= 4 is 11.8 Å². The second-order valence-electron chi connectivity index (χ2n) is 5.74. The number of esters is 1. The predicted octanol–water partition coefficient (Wildman–Crippen LogP) is 3.58. The van der Waals surface area contributed by atoms with Crippen molar-refractivity contribution in [2.24, 2.45) is 5.41 Å². The molecule has 0 saturated heterocycles. The molecule has 0 unspecified atom stereocenters. The Morgan fingerprint density at radius 1 is 1.20 bits per heavy atom. The SMILES string of the molecule is C=C(Cc1ccccc1C(=O)C(C)(C)C)C(=O)OCC. The summed E-state index contributed by atoms with van der Waals surface area (Å²) in [4.78, 5) is 24.0. The average Bonchev–Trinajstić information content (AvgIpc) is 2.37. The molecule has 0 radical (unpaired) electrons. The van der Waals surface area contributed by atoms with Gasteiger partial charge in [0, 0.05) is 23.0 Å². The summed E-state index contributed by atoms with van der Waals surface area (Å²) in [7, 11) is 0. The summed E-state index contributed by atoms with van der Waals surface area (Å²) in [5, 5.41) is 0. The fourth-order valence-corrected chi connectivity index (χ4v) is 1.84. The Morgan fingerprint density at radius 2 is 1.80 bits per heavy atom. The summed E-state index contributed by atoms with van der Waals surface area (Å²) < 4.78 is 4.92. The van der Waals surface area contributed by atoms with Gasteiger partial charge in [0.15, 0.2) is 5.78 Å². The molecule has 108 valence electrons. The van der Waals surface area contributed by atoms with E-state index in [0.29, 0.717) is 24.2 Å². The molecule has 0 amide bonds. The predicted molar refractivity (Wildman–Crippen MR) is 79.7 cm³/mol. The highest BCUT2D eigenvalue weighted by Gasteiger charge is 2.25. The van der Waals surface area contributed by atoms with E-state index in [-0.39, 0.29) is 5.78 Å². The summed E-state index contributed by atoms with van der Waals surface area (Å²) in [6.07, 6.45) is 0.330. The van der Waals surface area contributed by atoms with Crippen molar-refractivity contribution in [3.63, 3.8) is 0 Å². The van der Waals surface area contributed by atoms with Gasteiger partial charge in [0.2, 0.25) is 0 Å². The van der Waals surface area contributed by atoms with Crippen LogP contribution in [0, 0.1) is 5.41 Å². The molecular formula is C17H22O3. The third kappa shape index (κ3) is 4.05. The number of carbonyl (C=O) groups excluding carboxylic acids is 2. The van der Waals surface area contributed by atoms with Crippen LogP contribution in [-0.2, 0) is 16.0 Å². The number of rotatable bonds is 5. The lowest BCUT2D eigenvalue weighted by atomic mass is 9.83. The van der Waals surface area contributed by atoms with Gasteiger partial charge < -0.3 is 4.74 Å². The van der Waals surface area contributed by atoms with Gasteiger partial charge in [-0.25, -0.2) is 4.79 Å². The smallest absolute Gasteiger partial charge is 0.333 e. The zero-order valence-electron chi connectivity index (χ0n) is 12.7. The Hall–Kier alpha value is -1.90. The first-order valence-corrected chi connectivity index (χ1v) is 6.75. The Kier molecular flexibility index (Phi) is 5.26. The molecular weight excluding hydrogens is 252 g/mol. The van der Waals surface area contributed by atoms with Crippen LogP contribution < -0.4 is 0 Å². The number of hydrogen-bond acceptors (Lipinski definition) is 3. The van der Waals surface area contributed by atoms with E-state index in [1.165, 1.54) is 0 Å². The third-order valence-electron chi connectivity index (χ3n) is 2.91. The molecule has 1 aromatic rings. The highest BCUT2D eigenvalue weighted by molar-refractivity contribution is 6.01. The summed E-state index contributed by atoms with van der Waals surface area (Å²) in [6.45, 7) is 11.5. The number of ether oxygens (including phenoxy) is 1. The lowest BCUT2D eigenvalue weighted by Gasteiger charge is -2.19. The molecule has 0 aliphatic rings. The van der Waals surface area contributed by atoms with Crippen LogP contribution in [0.3, 0.4) is 0 Å². The lowest BCUT2D eigenvalue weighted by molar-refractivity contribution is -0.138. The molecule has 0 aliphatic heterocycles. The standard InChI is InChI=1S/C17H22O3/c1-6-20-16(19)12(2)11-13-9-7-8-10-14(13)15(18)17(3,4)5/h7-10H,2,6,11H2,1,3-5H3. The average molecular weight is 274 g/mol. The van der Waals surface area contributed by atoms with E-state index < -0.39 is 11.4 Å². The molecule has 3 nitrogen and oxygen atoms in total. The molecule has 0 saturated carbocycles. The van der Waals surface area contributed by atoms with Gasteiger partial charge >= 0.3 is 5.97 Å². The van der Waals surface area contributed by atoms with Gasteiger partial charge in [-0.2, -0.15) is 0 Å².